The first-order chi connectivity index (χ1) is 9.86. The molecule has 0 saturated carbocycles. The largest absolute Gasteiger partial charge is 0.417 e. The van der Waals surface area contributed by atoms with Crippen LogP contribution < -0.4 is 10.9 Å². The third kappa shape index (κ3) is 4.32. The number of pyridine rings is 1. The summed E-state index contributed by atoms with van der Waals surface area (Å²) in [4.78, 5) is 23.2. The fraction of sp³-hybridized carbons (Fsp3) is 0.538. The summed E-state index contributed by atoms with van der Waals surface area (Å²) < 4.78 is 43.6. The number of hydrogen-bond acceptors (Lipinski definition) is 3. The van der Waals surface area contributed by atoms with Crippen molar-refractivity contribution in [2.45, 2.75) is 19.1 Å². The second-order valence-electron chi connectivity index (χ2n) is 4.92. The monoisotopic (exact) mass is 304 g/mol. The van der Waals surface area contributed by atoms with Crippen LogP contribution in [0.25, 0.3) is 0 Å². The van der Waals surface area contributed by atoms with Crippen LogP contribution in [0, 0.1) is 5.92 Å². The molecule has 1 aromatic rings. The van der Waals surface area contributed by atoms with Crippen molar-refractivity contribution in [2.24, 2.45) is 5.92 Å². The summed E-state index contributed by atoms with van der Waals surface area (Å²) in [6.45, 7) is 1.17. The number of aromatic nitrogens is 1. The van der Waals surface area contributed by atoms with Crippen LogP contribution >= 0.6 is 0 Å². The van der Waals surface area contributed by atoms with Crippen LogP contribution in [0.15, 0.2) is 23.1 Å². The summed E-state index contributed by atoms with van der Waals surface area (Å²) in [7, 11) is 0. The number of nitrogens with one attached hydrogen (secondary N) is 1. The summed E-state index contributed by atoms with van der Waals surface area (Å²) in [6.07, 6.45) is -3.06. The lowest BCUT2D eigenvalue weighted by Crippen LogP contribution is -2.35. The molecule has 1 N–H and O–H groups in total. The van der Waals surface area contributed by atoms with E-state index < -0.39 is 29.8 Å². The van der Waals surface area contributed by atoms with Crippen LogP contribution in [0.5, 0.6) is 0 Å². The van der Waals surface area contributed by atoms with Crippen molar-refractivity contribution >= 4 is 5.91 Å². The lowest BCUT2D eigenvalue weighted by molar-refractivity contribution is -0.138. The van der Waals surface area contributed by atoms with E-state index in [1.807, 2.05) is 0 Å². The van der Waals surface area contributed by atoms with Crippen LogP contribution in [0.2, 0.25) is 0 Å². The highest BCUT2D eigenvalue weighted by Gasteiger charge is 2.31. The standard InChI is InChI=1S/C13H15F3N2O3/c14-13(15,16)10-1-2-12(20)18(6-10)7-11(19)17-5-9-3-4-21-8-9/h1-2,6,9H,3-5,7-8H2,(H,17,19). The maximum absolute atomic E-state index is 12.6. The van der Waals surface area contributed by atoms with Crippen LogP contribution in [0.3, 0.4) is 0 Å². The molecule has 0 aromatic carbocycles. The second kappa shape index (κ2) is 6.30. The maximum Gasteiger partial charge on any atom is 0.417 e. The zero-order valence-corrected chi connectivity index (χ0v) is 11.2. The lowest BCUT2D eigenvalue weighted by atomic mass is 10.1. The molecule has 0 spiro atoms. The Labute approximate surface area is 118 Å². The van der Waals surface area contributed by atoms with E-state index in [1.54, 1.807) is 0 Å². The van der Waals surface area contributed by atoms with E-state index in [1.165, 1.54) is 0 Å². The van der Waals surface area contributed by atoms with E-state index in [0.717, 1.165) is 17.1 Å². The summed E-state index contributed by atoms with van der Waals surface area (Å²) in [5.74, 6) is -0.282. The fourth-order valence-corrected chi connectivity index (χ4v) is 2.04. The zero-order chi connectivity index (χ0) is 15.5. The van der Waals surface area contributed by atoms with Crippen molar-refractivity contribution in [3.63, 3.8) is 0 Å². The minimum atomic E-state index is -4.55. The highest BCUT2D eigenvalue weighted by molar-refractivity contribution is 5.75. The second-order valence-corrected chi connectivity index (χ2v) is 4.92. The summed E-state index contributed by atoms with van der Waals surface area (Å²) in [5.41, 5.74) is -1.61. The molecule has 1 aromatic heterocycles. The zero-order valence-electron chi connectivity index (χ0n) is 11.2. The van der Waals surface area contributed by atoms with Crippen LogP contribution in [0.4, 0.5) is 13.2 Å². The molecular formula is C13H15F3N2O3. The Morgan fingerprint density at radius 3 is 2.81 bits per heavy atom. The third-order valence-corrected chi connectivity index (χ3v) is 3.24. The molecule has 1 fully saturated rings. The van der Waals surface area contributed by atoms with Gasteiger partial charge in [0, 0.05) is 31.3 Å². The highest BCUT2D eigenvalue weighted by Crippen LogP contribution is 2.27. The van der Waals surface area contributed by atoms with E-state index in [0.29, 0.717) is 32.0 Å². The number of hydrogen-bond donors (Lipinski definition) is 1. The molecule has 2 rings (SSSR count). The predicted octanol–water partition coefficient (Wildman–Crippen LogP) is 1.02. The van der Waals surface area contributed by atoms with Gasteiger partial charge in [-0.2, -0.15) is 13.2 Å². The number of amides is 1. The number of carbonyl (C=O) groups excluding carboxylic acids is 1. The first-order valence-electron chi connectivity index (χ1n) is 6.48. The Morgan fingerprint density at radius 1 is 1.43 bits per heavy atom. The molecule has 5 nitrogen and oxygen atoms in total. The van der Waals surface area contributed by atoms with Crippen LogP contribution in [-0.4, -0.2) is 30.2 Å². The Kier molecular flexibility index (Phi) is 4.66. The normalized spacial score (nSPS) is 18.7. The van der Waals surface area contributed by atoms with Gasteiger partial charge in [0.1, 0.15) is 6.54 Å². The molecule has 1 aliphatic rings. The van der Waals surface area contributed by atoms with Crippen molar-refractivity contribution in [3.8, 4) is 0 Å². The molecule has 2 heterocycles. The van der Waals surface area contributed by atoms with Gasteiger partial charge in [-0.05, 0) is 12.5 Å². The Bertz CT molecular complexity index is 563. The molecule has 116 valence electrons. The minimum absolute atomic E-state index is 0.215. The van der Waals surface area contributed by atoms with Gasteiger partial charge in [0.15, 0.2) is 0 Å². The molecular weight excluding hydrogens is 289 g/mol. The van der Waals surface area contributed by atoms with E-state index in [9.17, 15) is 22.8 Å². The molecule has 1 aliphatic heterocycles. The SMILES string of the molecule is O=C(Cn1cc(C(F)(F)F)ccc1=O)NCC1CCOC1. The smallest absolute Gasteiger partial charge is 0.381 e. The molecule has 8 heteroatoms. The number of rotatable bonds is 4. The maximum atomic E-state index is 12.6. The Morgan fingerprint density at radius 2 is 2.19 bits per heavy atom. The van der Waals surface area contributed by atoms with E-state index in [2.05, 4.69) is 5.32 Å². The van der Waals surface area contributed by atoms with Gasteiger partial charge in [-0.1, -0.05) is 0 Å². The topological polar surface area (TPSA) is 60.3 Å². The molecule has 1 saturated heterocycles. The number of nitrogens with zero attached hydrogens (tertiary/aromatic N) is 1. The molecule has 0 radical (unpaired) electrons. The average Bonchev–Trinajstić information content (AvgIpc) is 2.91. The molecule has 1 amide bonds. The van der Waals surface area contributed by atoms with Gasteiger partial charge in [0.05, 0.1) is 12.2 Å². The van der Waals surface area contributed by atoms with E-state index in [4.69, 9.17) is 4.74 Å². The lowest BCUT2D eigenvalue weighted by Gasteiger charge is -2.12. The quantitative estimate of drug-likeness (QED) is 0.903. The van der Waals surface area contributed by atoms with Gasteiger partial charge in [-0.25, -0.2) is 0 Å². The number of carbonyl (C=O) groups is 1. The van der Waals surface area contributed by atoms with E-state index >= 15 is 0 Å². The summed E-state index contributed by atoms with van der Waals surface area (Å²) >= 11 is 0. The number of ether oxygens (including phenoxy) is 1. The first kappa shape index (κ1) is 15.6. The van der Waals surface area contributed by atoms with Gasteiger partial charge in [0.25, 0.3) is 5.56 Å². The molecule has 0 aliphatic carbocycles. The molecule has 0 bridgehead atoms. The van der Waals surface area contributed by atoms with Crippen molar-refractivity contribution in [2.75, 3.05) is 19.8 Å². The minimum Gasteiger partial charge on any atom is -0.381 e. The fourth-order valence-electron chi connectivity index (χ4n) is 2.04. The van der Waals surface area contributed by atoms with Gasteiger partial charge in [-0.15, -0.1) is 0 Å². The molecule has 1 unspecified atom stereocenters. The first-order valence-corrected chi connectivity index (χ1v) is 6.48. The predicted molar refractivity (Wildman–Crippen MR) is 67.6 cm³/mol. The van der Waals surface area contributed by atoms with Crippen molar-refractivity contribution < 1.29 is 22.7 Å². The number of halogens is 3. The van der Waals surface area contributed by atoms with E-state index in [-0.39, 0.29) is 5.92 Å². The van der Waals surface area contributed by atoms with Gasteiger partial charge in [0.2, 0.25) is 5.91 Å². The van der Waals surface area contributed by atoms with Gasteiger partial charge >= 0.3 is 6.18 Å². The average molecular weight is 304 g/mol. The third-order valence-electron chi connectivity index (χ3n) is 3.24. The van der Waals surface area contributed by atoms with Crippen molar-refractivity contribution in [3.05, 3.63) is 34.2 Å². The summed E-state index contributed by atoms with van der Waals surface area (Å²) in [5, 5.41) is 2.60. The van der Waals surface area contributed by atoms with Crippen LogP contribution in [-0.2, 0) is 22.3 Å². The highest BCUT2D eigenvalue weighted by atomic mass is 19.4. The Balaban J connectivity index is 1.97. The molecule has 1 atom stereocenters. The summed E-state index contributed by atoms with van der Waals surface area (Å²) in [6, 6.07) is 1.51. The van der Waals surface area contributed by atoms with Crippen LogP contribution in [0.1, 0.15) is 12.0 Å². The van der Waals surface area contributed by atoms with Crippen molar-refractivity contribution in [1.29, 1.82) is 0 Å². The number of alkyl halides is 3. The van der Waals surface area contributed by atoms with Crippen molar-refractivity contribution in [1.82, 2.24) is 9.88 Å². The van der Waals surface area contributed by atoms with Gasteiger partial charge in [-0.3, -0.25) is 9.59 Å². The molecule has 21 heavy (non-hydrogen) atoms. The Hall–Kier alpha value is -1.83. The van der Waals surface area contributed by atoms with Gasteiger partial charge < -0.3 is 14.6 Å².